The molecule has 100 valence electrons. The molecule has 0 aliphatic heterocycles. The van der Waals surface area contributed by atoms with Gasteiger partial charge in [-0.05, 0) is 42.5 Å². The summed E-state index contributed by atoms with van der Waals surface area (Å²) in [4.78, 5) is 16.6. The number of hydrogen-bond acceptors (Lipinski definition) is 4. The maximum atomic E-state index is 13.8. The van der Waals surface area contributed by atoms with E-state index in [1.807, 2.05) is 22.6 Å². The lowest BCUT2D eigenvalue weighted by Gasteiger charge is -2.07. The maximum absolute atomic E-state index is 13.8. The Morgan fingerprint density at radius 1 is 1.42 bits per heavy atom. The quantitative estimate of drug-likeness (QED) is 0.584. The number of halogens is 2. The van der Waals surface area contributed by atoms with Crippen molar-refractivity contribution in [3.8, 4) is 10.4 Å². The van der Waals surface area contributed by atoms with Gasteiger partial charge in [-0.25, -0.2) is 14.2 Å². The monoisotopic (exact) mass is 391 g/mol. The van der Waals surface area contributed by atoms with E-state index in [-0.39, 0.29) is 17.6 Å². The first kappa shape index (κ1) is 14.4. The third kappa shape index (κ3) is 3.30. The van der Waals surface area contributed by atoms with Gasteiger partial charge in [0.2, 0.25) is 0 Å². The minimum absolute atomic E-state index is 0.174. The first-order valence-corrected chi connectivity index (χ1v) is 7.50. The molecule has 0 fully saturated rings. The molecule has 0 unspecified atom stereocenters. The van der Waals surface area contributed by atoms with Gasteiger partial charge in [0.15, 0.2) is 8.71 Å². The van der Waals surface area contributed by atoms with Gasteiger partial charge in [0, 0.05) is 5.56 Å². The predicted octanol–water partition coefficient (Wildman–Crippen LogP) is 4.12. The van der Waals surface area contributed by atoms with Gasteiger partial charge in [-0.1, -0.05) is 18.2 Å². The van der Waals surface area contributed by atoms with Crippen LogP contribution in [0.3, 0.4) is 0 Å². The van der Waals surface area contributed by atoms with Gasteiger partial charge in [-0.3, -0.25) is 0 Å². The Morgan fingerprint density at radius 3 is 2.74 bits per heavy atom. The topological polar surface area (TPSA) is 39.2 Å². The maximum Gasteiger partial charge on any atom is 0.358 e. The Morgan fingerprint density at radius 2 is 2.11 bits per heavy atom. The van der Waals surface area contributed by atoms with Gasteiger partial charge >= 0.3 is 5.97 Å². The number of carbonyl (C=O) groups is 1. The summed E-state index contributed by atoms with van der Waals surface area (Å²) in [6, 6.07) is 6.32. The largest absolute Gasteiger partial charge is 0.458 e. The smallest absolute Gasteiger partial charge is 0.358 e. The van der Waals surface area contributed by atoms with Crippen molar-refractivity contribution in [3.05, 3.63) is 38.8 Å². The number of ether oxygens (including phenoxy) is 1. The van der Waals surface area contributed by atoms with Crippen molar-refractivity contribution >= 4 is 39.9 Å². The Bertz CT molecular complexity index is 612. The van der Waals surface area contributed by atoms with Crippen molar-refractivity contribution in [1.29, 1.82) is 0 Å². The number of aromatic nitrogens is 1. The van der Waals surface area contributed by atoms with Gasteiger partial charge in [-0.15, -0.1) is 11.3 Å². The second-order valence-electron chi connectivity index (χ2n) is 4.08. The molecule has 0 saturated heterocycles. The van der Waals surface area contributed by atoms with Crippen molar-refractivity contribution in [3.63, 3.8) is 0 Å². The number of hydrogen-bond donors (Lipinski definition) is 0. The fraction of sp³-hybridized carbons (Fsp3) is 0.231. The number of nitrogens with zero attached hydrogens (tertiary/aromatic N) is 1. The summed E-state index contributed by atoms with van der Waals surface area (Å²) < 4.78 is 19.6. The molecule has 0 atom stereocenters. The van der Waals surface area contributed by atoms with Crippen LogP contribution in [-0.4, -0.2) is 17.1 Å². The lowest BCUT2D eigenvalue weighted by molar-refractivity contribution is 0.0372. The highest BCUT2D eigenvalue weighted by molar-refractivity contribution is 14.1. The summed E-state index contributed by atoms with van der Waals surface area (Å²) >= 11 is 3.28. The number of benzene rings is 1. The van der Waals surface area contributed by atoms with E-state index >= 15 is 0 Å². The molecule has 0 amide bonds. The molecule has 19 heavy (non-hydrogen) atoms. The van der Waals surface area contributed by atoms with Crippen molar-refractivity contribution in [2.24, 2.45) is 0 Å². The van der Waals surface area contributed by atoms with Crippen molar-refractivity contribution in [2.45, 2.75) is 20.0 Å². The van der Waals surface area contributed by atoms with Crippen molar-refractivity contribution < 1.29 is 13.9 Å². The number of rotatable bonds is 3. The zero-order valence-electron chi connectivity index (χ0n) is 10.3. The van der Waals surface area contributed by atoms with E-state index in [4.69, 9.17) is 4.74 Å². The summed E-state index contributed by atoms with van der Waals surface area (Å²) in [7, 11) is 0. The Labute approximate surface area is 128 Å². The van der Waals surface area contributed by atoms with Gasteiger partial charge in [0.05, 0.1) is 11.0 Å². The second kappa shape index (κ2) is 5.96. The van der Waals surface area contributed by atoms with Crippen LogP contribution in [0.2, 0.25) is 0 Å². The third-order valence-electron chi connectivity index (χ3n) is 2.26. The minimum atomic E-state index is -0.521. The summed E-state index contributed by atoms with van der Waals surface area (Å²) in [6.07, 6.45) is -0.236. The normalized spacial score (nSPS) is 10.8. The molecular formula is C13H11FINO2S. The van der Waals surface area contributed by atoms with E-state index in [1.54, 1.807) is 32.0 Å². The molecule has 0 saturated carbocycles. The van der Waals surface area contributed by atoms with E-state index in [0.717, 1.165) is 0 Å². The molecule has 1 heterocycles. The van der Waals surface area contributed by atoms with Crippen molar-refractivity contribution in [2.75, 3.05) is 0 Å². The van der Waals surface area contributed by atoms with Crippen LogP contribution in [0.5, 0.6) is 0 Å². The summed E-state index contributed by atoms with van der Waals surface area (Å²) in [6.45, 7) is 3.52. The molecule has 6 heteroatoms. The van der Waals surface area contributed by atoms with Crippen LogP contribution in [-0.2, 0) is 4.74 Å². The van der Waals surface area contributed by atoms with Gasteiger partial charge in [-0.2, -0.15) is 0 Å². The number of esters is 1. The average molecular weight is 391 g/mol. The summed E-state index contributed by atoms with van der Waals surface area (Å²) in [5.41, 5.74) is 0.548. The standard InChI is InChI=1S/C13H11FINO2S/c1-7(2)18-12(17)10-11(19-13(15)16-10)8-5-3-4-6-9(8)14/h3-7H,1-2H3. The lowest BCUT2D eigenvalue weighted by atomic mass is 10.1. The third-order valence-corrected chi connectivity index (χ3v) is 4.03. The molecule has 0 bridgehead atoms. The SMILES string of the molecule is CC(C)OC(=O)c1nc(I)sc1-c1ccccc1F. The van der Waals surface area contributed by atoms with Crippen LogP contribution in [0.1, 0.15) is 24.3 Å². The predicted molar refractivity (Wildman–Crippen MR) is 80.8 cm³/mol. The Hall–Kier alpha value is -1.02. The molecule has 0 spiro atoms. The highest BCUT2D eigenvalue weighted by Crippen LogP contribution is 2.33. The van der Waals surface area contributed by atoms with E-state index in [2.05, 4.69) is 4.98 Å². The molecule has 0 aliphatic rings. The van der Waals surface area contributed by atoms with Crippen molar-refractivity contribution in [1.82, 2.24) is 4.98 Å². The molecule has 0 aliphatic carbocycles. The van der Waals surface area contributed by atoms with Crippen LogP contribution < -0.4 is 0 Å². The molecule has 1 aromatic heterocycles. The fourth-order valence-electron chi connectivity index (χ4n) is 1.53. The van der Waals surface area contributed by atoms with Crippen LogP contribution in [0.4, 0.5) is 4.39 Å². The zero-order chi connectivity index (χ0) is 14.0. The van der Waals surface area contributed by atoms with Gasteiger partial charge in [0.1, 0.15) is 5.82 Å². The average Bonchev–Trinajstić information content (AvgIpc) is 2.71. The molecule has 0 N–H and O–H groups in total. The molecule has 2 aromatic rings. The first-order valence-electron chi connectivity index (χ1n) is 5.61. The highest BCUT2D eigenvalue weighted by Gasteiger charge is 2.22. The van der Waals surface area contributed by atoms with E-state index < -0.39 is 5.97 Å². The Kier molecular flexibility index (Phi) is 4.51. The first-order chi connectivity index (χ1) is 8.99. The van der Waals surface area contributed by atoms with E-state index in [9.17, 15) is 9.18 Å². The second-order valence-corrected chi connectivity index (χ2v) is 6.83. The van der Waals surface area contributed by atoms with Gasteiger partial charge < -0.3 is 4.74 Å². The number of thiazole rings is 1. The summed E-state index contributed by atoms with van der Waals surface area (Å²) in [5.74, 6) is -0.895. The molecule has 0 radical (unpaired) electrons. The van der Waals surface area contributed by atoms with E-state index in [1.165, 1.54) is 17.4 Å². The minimum Gasteiger partial charge on any atom is -0.458 e. The van der Waals surface area contributed by atoms with Crippen LogP contribution in [0.25, 0.3) is 10.4 Å². The van der Waals surface area contributed by atoms with Crippen LogP contribution in [0.15, 0.2) is 24.3 Å². The van der Waals surface area contributed by atoms with E-state index in [0.29, 0.717) is 13.5 Å². The van der Waals surface area contributed by atoms with Crippen LogP contribution >= 0.6 is 33.9 Å². The number of carbonyl (C=O) groups excluding carboxylic acids is 1. The van der Waals surface area contributed by atoms with Crippen LogP contribution in [0, 0.1) is 8.83 Å². The molecule has 1 aromatic carbocycles. The lowest BCUT2D eigenvalue weighted by Crippen LogP contribution is -2.13. The summed E-state index contributed by atoms with van der Waals surface area (Å²) in [5, 5.41) is 0. The highest BCUT2D eigenvalue weighted by atomic mass is 127. The Balaban J connectivity index is 2.47. The zero-order valence-corrected chi connectivity index (χ0v) is 13.3. The fourth-order valence-corrected chi connectivity index (χ4v) is 3.24. The molecule has 3 nitrogen and oxygen atoms in total. The molecular weight excluding hydrogens is 380 g/mol. The molecule has 2 rings (SSSR count). The van der Waals surface area contributed by atoms with Gasteiger partial charge in [0.25, 0.3) is 0 Å².